The van der Waals surface area contributed by atoms with Gasteiger partial charge in [-0.3, -0.25) is 4.99 Å². The van der Waals surface area contributed by atoms with Gasteiger partial charge in [-0.05, 0) is 58.7 Å². The van der Waals surface area contributed by atoms with Crippen LogP contribution in [-0.2, 0) is 5.60 Å². The van der Waals surface area contributed by atoms with Crippen LogP contribution in [0.25, 0.3) is 0 Å². The minimum absolute atomic E-state index is 0.106. The van der Waals surface area contributed by atoms with E-state index in [4.69, 9.17) is 16.3 Å². The van der Waals surface area contributed by atoms with Crippen molar-refractivity contribution < 1.29 is 27.4 Å². The molecule has 1 aliphatic rings. The molecule has 3 aromatic rings. The fourth-order valence-corrected chi connectivity index (χ4v) is 3.59. The molecule has 0 aliphatic carbocycles. The molecule has 160 valence electrons. The Morgan fingerprint density at radius 2 is 1.74 bits per heavy atom. The molecule has 0 amide bonds. The molecular formula is C23H16ClF4NO2. The second-order valence-corrected chi connectivity index (χ2v) is 7.62. The Morgan fingerprint density at radius 1 is 1.00 bits per heavy atom. The van der Waals surface area contributed by atoms with Crippen molar-refractivity contribution >= 4 is 17.8 Å². The van der Waals surface area contributed by atoms with Crippen LogP contribution in [0.4, 0.5) is 17.6 Å². The Balaban J connectivity index is 1.64. The summed E-state index contributed by atoms with van der Waals surface area (Å²) in [6, 6.07) is 15.1. The molecule has 0 spiro atoms. The largest absolute Gasteiger partial charge is 0.490 e. The lowest BCUT2D eigenvalue weighted by atomic mass is 9.89. The van der Waals surface area contributed by atoms with Gasteiger partial charge in [-0.1, -0.05) is 41.9 Å². The zero-order valence-electron chi connectivity index (χ0n) is 15.9. The van der Waals surface area contributed by atoms with Crippen molar-refractivity contribution in [1.29, 1.82) is 0 Å². The summed E-state index contributed by atoms with van der Waals surface area (Å²) in [4.78, 5) is 4.34. The highest BCUT2D eigenvalue weighted by atomic mass is 35.5. The van der Waals surface area contributed by atoms with Crippen molar-refractivity contribution in [2.24, 2.45) is 4.99 Å². The highest BCUT2D eigenvalue weighted by Gasteiger charge is 2.56. The predicted molar refractivity (Wildman–Crippen MR) is 109 cm³/mol. The lowest BCUT2D eigenvalue weighted by Gasteiger charge is -2.31. The van der Waals surface area contributed by atoms with Crippen LogP contribution in [0.15, 0.2) is 71.7 Å². The molecule has 8 heteroatoms. The van der Waals surface area contributed by atoms with E-state index in [2.05, 4.69) is 4.99 Å². The molecule has 0 fully saturated rings. The molecule has 0 radical (unpaired) electrons. The van der Waals surface area contributed by atoms with Gasteiger partial charge in [0.1, 0.15) is 24.2 Å². The van der Waals surface area contributed by atoms with Gasteiger partial charge in [-0.25, -0.2) is 4.39 Å². The second kappa shape index (κ2) is 7.98. The van der Waals surface area contributed by atoms with Gasteiger partial charge in [0.25, 0.3) is 0 Å². The topological polar surface area (TPSA) is 41.8 Å². The van der Waals surface area contributed by atoms with Crippen LogP contribution in [0.2, 0.25) is 5.02 Å². The fraction of sp³-hybridized carbons (Fsp3) is 0.174. The third-order valence-electron chi connectivity index (χ3n) is 5.12. The highest BCUT2D eigenvalue weighted by Crippen LogP contribution is 2.42. The molecule has 4 rings (SSSR count). The Morgan fingerprint density at radius 3 is 2.42 bits per heavy atom. The van der Waals surface area contributed by atoms with Gasteiger partial charge in [-0.2, -0.15) is 13.2 Å². The van der Waals surface area contributed by atoms with Gasteiger partial charge in [-0.15, -0.1) is 0 Å². The number of hydrogen-bond acceptors (Lipinski definition) is 3. The predicted octanol–water partition coefficient (Wildman–Crippen LogP) is 5.83. The summed E-state index contributed by atoms with van der Waals surface area (Å²) in [6.07, 6.45) is -3.55. The van der Waals surface area contributed by atoms with E-state index >= 15 is 0 Å². The van der Waals surface area contributed by atoms with Crippen molar-refractivity contribution in [3.05, 3.63) is 99.8 Å². The van der Waals surface area contributed by atoms with Crippen LogP contribution < -0.4 is 4.74 Å². The van der Waals surface area contributed by atoms with E-state index in [1.807, 2.05) is 0 Å². The van der Waals surface area contributed by atoms with Crippen LogP contribution in [-0.4, -0.2) is 24.1 Å². The first-order valence-corrected chi connectivity index (χ1v) is 9.66. The van der Waals surface area contributed by atoms with Crippen LogP contribution >= 0.6 is 11.6 Å². The molecule has 0 saturated heterocycles. The minimum atomic E-state index is -4.99. The van der Waals surface area contributed by atoms with Gasteiger partial charge in [0.2, 0.25) is 5.60 Å². The fourth-order valence-electron chi connectivity index (χ4n) is 3.41. The van der Waals surface area contributed by atoms with Crippen molar-refractivity contribution in [2.45, 2.75) is 17.8 Å². The molecule has 2 atom stereocenters. The first kappa shape index (κ1) is 21.3. The summed E-state index contributed by atoms with van der Waals surface area (Å²) in [5.74, 6) is -0.287. The smallest absolute Gasteiger partial charge is 0.424 e. The summed E-state index contributed by atoms with van der Waals surface area (Å²) in [5.41, 5.74) is -1.80. The zero-order valence-corrected chi connectivity index (χ0v) is 16.7. The number of benzene rings is 3. The zero-order chi connectivity index (χ0) is 22.2. The molecule has 0 bridgehead atoms. The molecule has 0 aromatic heterocycles. The molecule has 1 aliphatic heterocycles. The third kappa shape index (κ3) is 4.16. The standard InChI is InChI=1S/C23H16ClF4NO2/c24-17-2-1-3-19(11-17)31-13-22(30,23(26,27)28)16-6-9-20-15(10-16)12-29-21(20)14-4-7-18(25)8-5-14/h1-12,21,30H,13H2. The van der Waals surface area contributed by atoms with E-state index in [1.165, 1.54) is 54.7 Å². The van der Waals surface area contributed by atoms with Crippen molar-refractivity contribution in [2.75, 3.05) is 6.61 Å². The summed E-state index contributed by atoms with van der Waals surface area (Å²) in [6.45, 7) is -1.05. The number of fused-ring (bicyclic) bond motifs is 1. The Bertz CT molecular complexity index is 1130. The first-order chi connectivity index (χ1) is 14.7. The number of rotatable bonds is 5. The molecular weight excluding hydrogens is 434 g/mol. The average molecular weight is 450 g/mol. The molecule has 2 unspecified atom stereocenters. The number of aliphatic hydroxyl groups is 1. The van der Waals surface area contributed by atoms with E-state index in [0.717, 1.165) is 0 Å². The second-order valence-electron chi connectivity index (χ2n) is 7.18. The SMILES string of the molecule is OC(COc1cccc(Cl)c1)(c1ccc2c(c1)C=NC2c1ccc(F)cc1)C(F)(F)F. The summed E-state index contributed by atoms with van der Waals surface area (Å²) >= 11 is 5.84. The van der Waals surface area contributed by atoms with Gasteiger partial charge >= 0.3 is 6.18 Å². The molecule has 1 N–H and O–H groups in total. The van der Waals surface area contributed by atoms with Gasteiger partial charge in [0.05, 0.1) is 0 Å². The van der Waals surface area contributed by atoms with E-state index in [0.29, 0.717) is 21.7 Å². The number of nitrogens with zero attached hydrogens (tertiary/aromatic N) is 1. The number of aliphatic imine (C=N–C) groups is 1. The van der Waals surface area contributed by atoms with Crippen LogP contribution in [0.1, 0.15) is 28.3 Å². The quantitative estimate of drug-likeness (QED) is 0.498. The number of alkyl halides is 3. The lowest BCUT2D eigenvalue weighted by Crippen LogP contribution is -2.47. The monoisotopic (exact) mass is 449 g/mol. The van der Waals surface area contributed by atoms with Gasteiger partial charge < -0.3 is 9.84 Å². The van der Waals surface area contributed by atoms with Crippen molar-refractivity contribution in [3.63, 3.8) is 0 Å². The highest BCUT2D eigenvalue weighted by molar-refractivity contribution is 6.30. The van der Waals surface area contributed by atoms with Crippen LogP contribution in [0.3, 0.4) is 0 Å². The van der Waals surface area contributed by atoms with E-state index in [9.17, 15) is 22.7 Å². The van der Waals surface area contributed by atoms with Gasteiger partial charge in [0, 0.05) is 11.2 Å². The Labute approximate surface area is 180 Å². The number of halogens is 5. The number of ether oxygens (including phenoxy) is 1. The van der Waals surface area contributed by atoms with Crippen molar-refractivity contribution in [1.82, 2.24) is 0 Å². The molecule has 1 heterocycles. The molecule has 0 saturated carbocycles. The average Bonchev–Trinajstić information content (AvgIpc) is 3.15. The summed E-state index contributed by atoms with van der Waals surface area (Å²) in [5, 5.41) is 10.9. The Hall–Kier alpha value is -2.90. The van der Waals surface area contributed by atoms with Crippen LogP contribution in [0.5, 0.6) is 5.75 Å². The van der Waals surface area contributed by atoms with Crippen molar-refractivity contribution in [3.8, 4) is 5.75 Å². The van der Waals surface area contributed by atoms with Crippen LogP contribution in [0, 0.1) is 5.82 Å². The number of hydrogen-bond donors (Lipinski definition) is 1. The van der Waals surface area contributed by atoms with Gasteiger partial charge in [0.15, 0.2) is 0 Å². The minimum Gasteiger partial charge on any atom is -0.490 e. The molecule has 3 aromatic carbocycles. The first-order valence-electron chi connectivity index (χ1n) is 9.28. The maximum absolute atomic E-state index is 13.9. The summed E-state index contributed by atoms with van der Waals surface area (Å²) < 4.78 is 60.1. The normalized spacial score (nSPS) is 17.3. The molecule has 31 heavy (non-hydrogen) atoms. The van der Waals surface area contributed by atoms with E-state index < -0.39 is 30.2 Å². The van der Waals surface area contributed by atoms with E-state index in [-0.39, 0.29) is 11.3 Å². The third-order valence-corrected chi connectivity index (χ3v) is 5.36. The summed E-state index contributed by atoms with van der Waals surface area (Å²) in [7, 11) is 0. The maximum atomic E-state index is 13.9. The lowest BCUT2D eigenvalue weighted by molar-refractivity contribution is -0.275. The van der Waals surface area contributed by atoms with E-state index in [1.54, 1.807) is 18.2 Å². The molecule has 3 nitrogen and oxygen atoms in total. The Kier molecular flexibility index (Phi) is 5.49. The maximum Gasteiger partial charge on any atom is 0.424 e.